The largest absolute Gasteiger partial charge is 0.373 e. The lowest BCUT2D eigenvalue weighted by molar-refractivity contribution is 0.0206. The molecule has 0 spiro atoms. The third-order valence-corrected chi connectivity index (χ3v) is 4.09. The SMILES string of the molecule is CC1(CNC(=O)c2cc(S)cs2)CCCO1. The van der Waals surface area contributed by atoms with Crippen LogP contribution in [0.15, 0.2) is 16.3 Å². The molecule has 1 N–H and O–H groups in total. The van der Waals surface area contributed by atoms with Crippen LogP contribution < -0.4 is 5.32 Å². The summed E-state index contributed by atoms with van der Waals surface area (Å²) in [5.74, 6) is -0.0398. The van der Waals surface area contributed by atoms with Crippen LogP contribution in [0.5, 0.6) is 0 Å². The summed E-state index contributed by atoms with van der Waals surface area (Å²) in [5, 5.41) is 4.76. The number of nitrogens with one attached hydrogen (secondary N) is 1. The van der Waals surface area contributed by atoms with Crippen LogP contribution in [0.1, 0.15) is 29.4 Å². The third kappa shape index (κ3) is 2.78. The number of ether oxygens (including phenoxy) is 1. The maximum absolute atomic E-state index is 11.8. The predicted molar refractivity (Wildman–Crippen MR) is 67.5 cm³/mol. The first kappa shape index (κ1) is 12.0. The molecule has 1 aromatic rings. The van der Waals surface area contributed by atoms with Crippen LogP contribution in [-0.4, -0.2) is 24.7 Å². The van der Waals surface area contributed by atoms with Gasteiger partial charge in [0.2, 0.25) is 0 Å². The van der Waals surface area contributed by atoms with Crippen LogP contribution in [0.2, 0.25) is 0 Å². The molecule has 1 aliphatic rings. The third-order valence-electron chi connectivity index (χ3n) is 2.73. The Morgan fingerprint density at radius 2 is 2.56 bits per heavy atom. The summed E-state index contributed by atoms with van der Waals surface area (Å²) in [4.78, 5) is 13.3. The smallest absolute Gasteiger partial charge is 0.261 e. The molecule has 5 heteroatoms. The van der Waals surface area contributed by atoms with Gasteiger partial charge in [0.25, 0.3) is 5.91 Å². The molecule has 88 valence electrons. The van der Waals surface area contributed by atoms with Crippen LogP contribution in [-0.2, 0) is 4.74 Å². The molecule has 3 nitrogen and oxygen atoms in total. The Balaban J connectivity index is 1.88. The normalized spacial score (nSPS) is 24.6. The van der Waals surface area contributed by atoms with E-state index in [9.17, 15) is 4.79 Å². The summed E-state index contributed by atoms with van der Waals surface area (Å²) in [6.45, 7) is 3.41. The molecule has 1 aliphatic heterocycles. The highest BCUT2D eigenvalue weighted by atomic mass is 32.1. The zero-order chi connectivity index (χ0) is 11.6. The average Bonchev–Trinajstić information content (AvgIpc) is 2.85. The van der Waals surface area contributed by atoms with E-state index in [1.165, 1.54) is 11.3 Å². The fraction of sp³-hybridized carbons (Fsp3) is 0.545. The Bertz CT molecular complexity index is 383. The van der Waals surface area contributed by atoms with Crippen molar-refractivity contribution in [1.82, 2.24) is 5.32 Å². The second kappa shape index (κ2) is 4.77. The van der Waals surface area contributed by atoms with E-state index >= 15 is 0 Å². The number of hydrogen-bond donors (Lipinski definition) is 2. The van der Waals surface area contributed by atoms with Gasteiger partial charge in [-0.1, -0.05) is 0 Å². The Morgan fingerprint density at radius 1 is 1.75 bits per heavy atom. The molecule has 1 amide bonds. The van der Waals surface area contributed by atoms with Gasteiger partial charge in [-0.2, -0.15) is 0 Å². The van der Waals surface area contributed by atoms with Crippen LogP contribution in [0.25, 0.3) is 0 Å². The van der Waals surface area contributed by atoms with Crippen molar-refractivity contribution in [3.05, 3.63) is 16.3 Å². The molecule has 1 aromatic heterocycles. The second-order valence-corrected chi connectivity index (χ2v) is 5.68. The number of rotatable bonds is 3. The minimum Gasteiger partial charge on any atom is -0.373 e. The van der Waals surface area contributed by atoms with Gasteiger partial charge < -0.3 is 10.1 Å². The quantitative estimate of drug-likeness (QED) is 0.816. The van der Waals surface area contributed by atoms with Gasteiger partial charge >= 0.3 is 0 Å². The van der Waals surface area contributed by atoms with Crippen LogP contribution in [0, 0.1) is 0 Å². The summed E-state index contributed by atoms with van der Waals surface area (Å²) in [7, 11) is 0. The van der Waals surface area contributed by atoms with E-state index in [2.05, 4.69) is 17.9 Å². The van der Waals surface area contributed by atoms with E-state index < -0.39 is 0 Å². The molecule has 2 rings (SSSR count). The van der Waals surface area contributed by atoms with Crippen LogP contribution >= 0.6 is 24.0 Å². The topological polar surface area (TPSA) is 38.3 Å². The molecular weight excluding hydrogens is 242 g/mol. The Morgan fingerprint density at radius 3 is 3.12 bits per heavy atom. The first-order valence-electron chi connectivity index (χ1n) is 5.29. The van der Waals surface area contributed by atoms with E-state index in [1.807, 2.05) is 12.3 Å². The summed E-state index contributed by atoms with van der Waals surface area (Å²) >= 11 is 5.59. The van der Waals surface area contributed by atoms with E-state index in [4.69, 9.17) is 4.74 Å². The standard InChI is InChI=1S/C11H15NO2S2/c1-11(3-2-4-14-11)7-12-10(13)9-5-8(15)6-16-9/h5-6,15H,2-4,7H2,1H3,(H,12,13). The van der Waals surface area contributed by atoms with E-state index in [0.717, 1.165) is 24.3 Å². The van der Waals surface area contributed by atoms with Gasteiger partial charge in [-0.3, -0.25) is 4.79 Å². The number of thiophene rings is 1. The molecular formula is C11H15NO2S2. The highest BCUT2D eigenvalue weighted by Crippen LogP contribution is 2.24. The lowest BCUT2D eigenvalue weighted by Crippen LogP contribution is -2.39. The molecule has 0 saturated carbocycles. The predicted octanol–water partition coefficient (Wildman–Crippen LogP) is 2.34. The molecule has 0 aliphatic carbocycles. The number of hydrogen-bond acceptors (Lipinski definition) is 4. The van der Waals surface area contributed by atoms with Crippen molar-refractivity contribution in [2.75, 3.05) is 13.2 Å². The first-order chi connectivity index (χ1) is 7.59. The van der Waals surface area contributed by atoms with Crippen molar-refractivity contribution >= 4 is 29.9 Å². The van der Waals surface area contributed by atoms with Gasteiger partial charge in [-0.15, -0.1) is 24.0 Å². The highest BCUT2D eigenvalue weighted by Gasteiger charge is 2.30. The Hall–Kier alpha value is -0.520. The highest BCUT2D eigenvalue weighted by molar-refractivity contribution is 7.80. The molecule has 2 heterocycles. The summed E-state index contributed by atoms with van der Waals surface area (Å²) < 4.78 is 5.61. The average molecular weight is 257 g/mol. The van der Waals surface area contributed by atoms with Gasteiger partial charge in [0.05, 0.1) is 10.5 Å². The van der Waals surface area contributed by atoms with E-state index in [1.54, 1.807) is 6.07 Å². The number of amides is 1. The molecule has 0 aromatic carbocycles. The molecule has 1 unspecified atom stereocenters. The first-order valence-corrected chi connectivity index (χ1v) is 6.61. The molecule has 0 bridgehead atoms. The maximum atomic E-state index is 11.8. The fourth-order valence-corrected chi connectivity index (χ4v) is 2.84. The van der Waals surface area contributed by atoms with Gasteiger partial charge in [0, 0.05) is 23.4 Å². The van der Waals surface area contributed by atoms with Crippen molar-refractivity contribution in [2.45, 2.75) is 30.3 Å². The number of thiol groups is 1. The molecule has 1 fully saturated rings. The molecule has 0 radical (unpaired) electrons. The van der Waals surface area contributed by atoms with Crippen LogP contribution in [0.4, 0.5) is 0 Å². The Kier molecular flexibility index (Phi) is 3.56. The van der Waals surface area contributed by atoms with Crippen molar-refractivity contribution in [3.63, 3.8) is 0 Å². The zero-order valence-electron chi connectivity index (χ0n) is 9.16. The van der Waals surface area contributed by atoms with E-state index in [0.29, 0.717) is 11.4 Å². The lowest BCUT2D eigenvalue weighted by atomic mass is 10.0. The molecule has 1 atom stereocenters. The van der Waals surface area contributed by atoms with Crippen molar-refractivity contribution in [1.29, 1.82) is 0 Å². The molecule has 16 heavy (non-hydrogen) atoms. The van der Waals surface area contributed by atoms with Gasteiger partial charge in [-0.25, -0.2) is 0 Å². The maximum Gasteiger partial charge on any atom is 0.261 e. The van der Waals surface area contributed by atoms with Gasteiger partial charge in [-0.05, 0) is 25.8 Å². The monoisotopic (exact) mass is 257 g/mol. The number of carbonyl (C=O) groups excluding carboxylic acids is 1. The van der Waals surface area contributed by atoms with E-state index in [-0.39, 0.29) is 11.5 Å². The van der Waals surface area contributed by atoms with Crippen molar-refractivity contribution in [2.24, 2.45) is 0 Å². The zero-order valence-corrected chi connectivity index (χ0v) is 10.9. The summed E-state index contributed by atoms with van der Waals surface area (Å²) in [6.07, 6.45) is 2.09. The molecule has 1 saturated heterocycles. The summed E-state index contributed by atoms with van der Waals surface area (Å²) in [5.41, 5.74) is -0.184. The van der Waals surface area contributed by atoms with Crippen molar-refractivity contribution < 1.29 is 9.53 Å². The second-order valence-electron chi connectivity index (χ2n) is 4.25. The minimum absolute atomic E-state index is 0.0398. The van der Waals surface area contributed by atoms with Crippen LogP contribution in [0.3, 0.4) is 0 Å². The van der Waals surface area contributed by atoms with Gasteiger partial charge in [0.15, 0.2) is 0 Å². The Labute approximate surface area is 105 Å². The van der Waals surface area contributed by atoms with Gasteiger partial charge in [0.1, 0.15) is 0 Å². The minimum atomic E-state index is -0.184. The summed E-state index contributed by atoms with van der Waals surface area (Å²) in [6, 6.07) is 1.78. The number of carbonyl (C=O) groups is 1. The lowest BCUT2D eigenvalue weighted by Gasteiger charge is -2.23. The fourth-order valence-electron chi connectivity index (χ4n) is 1.78. The van der Waals surface area contributed by atoms with Crippen molar-refractivity contribution in [3.8, 4) is 0 Å².